The van der Waals surface area contributed by atoms with Crippen LogP contribution in [-0.4, -0.2) is 38.6 Å². The molecule has 0 bridgehead atoms. The van der Waals surface area contributed by atoms with Gasteiger partial charge in [-0.15, -0.1) is 0 Å². The molecule has 0 heterocycles. The van der Waals surface area contributed by atoms with E-state index in [1.807, 2.05) is 7.05 Å². The average Bonchev–Trinajstić information content (AvgIpc) is 2.26. The van der Waals surface area contributed by atoms with Crippen LogP contribution in [0.1, 0.15) is 5.56 Å². The number of phenolic OH excluding ortho intramolecular Hbond substituents is 1. The summed E-state index contributed by atoms with van der Waals surface area (Å²) in [5, 5.41) is 12.5. The molecule has 0 unspecified atom stereocenters. The van der Waals surface area contributed by atoms with E-state index < -0.39 is 0 Å². The van der Waals surface area contributed by atoms with Gasteiger partial charge in [0.25, 0.3) is 0 Å². The van der Waals surface area contributed by atoms with Crippen molar-refractivity contribution in [3.63, 3.8) is 0 Å². The molecule has 0 saturated carbocycles. The topological polar surface area (TPSA) is 53.9 Å². The number of likely N-dealkylation sites (N-methyl/N-ethyl adjacent to an activating group) is 1. The van der Waals surface area contributed by atoms with Crippen LogP contribution in [-0.2, 0) is 0 Å². The molecule has 0 aromatic heterocycles. The Balaban J connectivity index is 2.70. The summed E-state index contributed by atoms with van der Waals surface area (Å²) < 4.78 is 5.05. The molecule has 0 fully saturated rings. The summed E-state index contributed by atoms with van der Waals surface area (Å²) in [5.41, 5.74) is 0.672. The molecule has 2 N–H and O–H groups in total. The lowest BCUT2D eigenvalue weighted by molar-refractivity contribution is 0.412. The predicted molar refractivity (Wildman–Crippen MR) is 61.0 cm³/mol. The number of methoxy groups -OCH3 is 1. The first-order valence-electron chi connectivity index (χ1n) is 4.79. The normalized spacial score (nSPS) is 10.8. The second-order valence-electron chi connectivity index (χ2n) is 3.06. The molecule has 4 nitrogen and oxygen atoms in total. The third-order valence-electron chi connectivity index (χ3n) is 1.96. The van der Waals surface area contributed by atoms with Gasteiger partial charge < -0.3 is 15.2 Å². The number of phenols is 1. The van der Waals surface area contributed by atoms with E-state index in [4.69, 9.17) is 4.74 Å². The molecule has 1 aromatic rings. The maximum absolute atomic E-state index is 9.52. The number of nitrogens with zero attached hydrogens (tertiary/aromatic N) is 1. The van der Waals surface area contributed by atoms with Gasteiger partial charge in [0.2, 0.25) is 0 Å². The number of nitrogens with one attached hydrogen (secondary N) is 1. The number of hydrogen-bond donors (Lipinski definition) is 2. The molecular formula is C11H16N2O2. The van der Waals surface area contributed by atoms with Crippen molar-refractivity contribution in [3.8, 4) is 11.5 Å². The number of rotatable bonds is 5. The Kier molecular flexibility index (Phi) is 4.63. The maximum atomic E-state index is 9.52. The van der Waals surface area contributed by atoms with Gasteiger partial charge in [-0.25, -0.2) is 0 Å². The van der Waals surface area contributed by atoms with E-state index in [0.29, 0.717) is 17.9 Å². The van der Waals surface area contributed by atoms with Crippen LogP contribution in [0.25, 0.3) is 0 Å². The Bertz CT molecular complexity index is 337. The van der Waals surface area contributed by atoms with Gasteiger partial charge in [-0.1, -0.05) is 0 Å². The zero-order valence-electron chi connectivity index (χ0n) is 9.03. The number of benzene rings is 1. The van der Waals surface area contributed by atoms with Crippen LogP contribution in [0.15, 0.2) is 23.2 Å². The van der Waals surface area contributed by atoms with E-state index in [2.05, 4.69) is 10.3 Å². The Hall–Kier alpha value is -1.55. The quantitative estimate of drug-likeness (QED) is 0.561. The lowest BCUT2D eigenvalue weighted by Gasteiger charge is -2.02. The molecule has 0 aliphatic rings. The molecule has 82 valence electrons. The summed E-state index contributed by atoms with van der Waals surface area (Å²) in [6.45, 7) is 1.51. The maximum Gasteiger partial charge on any atom is 0.124 e. The average molecular weight is 208 g/mol. The molecular weight excluding hydrogens is 192 g/mol. The van der Waals surface area contributed by atoms with Gasteiger partial charge in [-0.2, -0.15) is 0 Å². The Morgan fingerprint density at radius 1 is 1.53 bits per heavy atom. The molecule has 1 rings (SSSR count). The van der Waals surface area contributed by atoms with Crippen molar-refractivity contribution in [3.05, 3.63) is 23.8 Å². The van der Waals surface area contributed by atoms with E-state index in [-0.39, 0.29) is 5.75 Å². The van der Waals surface area contributed by atoms with Gasteiger partial charge in [0.15, 0.2) is 0 Å². The molecule has 0 radical (unpaired) electrons. The summed E-state index contributed by atoms with van der Waals surface area (Å²) in [5.74, 6) is 0.923. The monoisotopic (exact) mass is 208 g/mol. The lowest BCUT2D eigenvalue weighted by Crippen LogP contribution is -2.10. The number of aromatic hydroxyl groups is 1. The van der Waals surface area contributed by atoms with Crippen molar-refractivity contribution < 1.29 is 9.84 Å². The zero-order chi connectivity index (χ0) is 11.1. The first-order valence-corrected chi connectivity index (χ1v) is 4.79. The highest BCUT2D eigenvalue weighted by atomic mass is 16.5. The van der Waals surface area contributed by atoms with Crippen LogP contribution in [0.3, 0.4) is 0 Å². The second kappa shape index (κ2) is 6.03. The largest absolute Gasteiger partial charge is 0.507 e. The van der Waals surface area contributed by atoms with Crippen LogP contribution in [0.4, 0.5) is 0 Å². The molecule has 0 spiro atoms. The molecule has 15 heavy (non-hydrogen) atoms. The van der Waals surface area contributed by atoms with Gasteiger partial charge in [0.05, 0.1) is 13.7 Å². The van der Waals surface area contributed by atoms with E-state index in [9.17, 15) is 5.11 Å². The highest BCUT2D eigenvalue weighted by molar-refractivity contribution is 5.84. The van der Waals surface area contributed by atoms with Gasteiger partial charge in [-0.3, -0.25) is 4.99 Å². The Morgan fingerprint density at radius 2 is 2.33 bits per heavy atom. The minimum Gasteiger partial charge on any atom is -0.507 e. The van der Waals surface area contributed by atoms with Gasteiger partial charge in [-0.05, 0) is 25.2 Å². The summed E-state index contributed by atoms with van der Waals surface area (Å²) in [4.78, 5) is 4.16. The molecule has 0 aliphatic carbocycles. The Morgan fingerprint density at radius 3 is 3.00 bits per heavy atom. The van der Waals surface area contributed by atoms with Gasteiger partial charge >= 0.3 is 0 Å². The van der Waals surface area contributed by atoms with E-state index in [1.54, 1.807) is 31.5 Å². The Labute approximate surface area is 89.6 Å². The number of ether oxygens (including phenoxy) is 1. The minimum absolute atomic E-state index is 0.212. The fourth-order valence-electron chi connectivity index (χ4n) is 1.10. The first-order chi connectivity index (χ1) is 7.27. The molecule has 1 aromatic carbocycles. The fourth-order valence-corrected chi connectivity index (χ4v) is 1.10. The standard InChI is InChI=1S/C11H16N2O2/c1-12-5-6-13-8-9-7-10(15-2)3-4-11(9)14/h3-4,7-8,12,14H,5-6H2,1-2H3. The van der Waals surface area contributed by atoms with E-state index >= 15 is 0 Å². The van der Waals surface area contributed by atoms with Crippen molar-refractivity contribution in [2.75, 3.05) is 27.2 Å². The third kappa shape index (κ3) is 3.59. The number of hydrogen-bond acceptors (Lipinski definition) is 4. The molecule has 0 atom stereocenters. The summed E-state index contributed by atoms with van der Waals surface area (Å²) in [6.07, 6.45) is 1.65. The van der Waals surface area contributed by atoms with Gasteiger partial charge in [0, 0.05) is 18.3 Å². The third-order valence-corrected chi connectivity index (χ3v) is 1.96. The summed E-state index contributed by atoms with van der Waals surface area (Å²) >= 11 is 0. The van der Waals surface area contributed by atoms with Crippen LogP contribution >= 0.6 is 0 Å². The minimum atomic E-state index is 0.212. The lowest BCUT2D eigenvalue weighted by atomic mass is 10.2. The fraction of sp³-hybridized carbons (Fsp3) is 0.364. The van der Waals surface area contributed by atoms with Crippen LogP contribution in [0.2, 0.25) is 0 Å². The van der Waals surface area contributed by atoms with Crippen molar-refractivity contribution >= 4 is 6.21 Å². The van der Waals surface area contributed by atoms with E-state index in [1.165, 1.54) is 0 Å². The molecule has 0 saturated heterocycles. The van der Waals surface area contributed by atoms with Crippen molar-refractivity contribution in [2.45, 2.75) is 0 Å². The number of aliphatic imine (C=N–C) groups is 1. The second-order valence-corrected chi connectivity index (χ2v) is 3.06. The van der Waals surface area contributed by atoms with Crippen molar-refractivity contribution in [2.24, 2.45) is 4.99 Å². The van der Waals surface area contributed by atoms with Crippen LogP contribution in [0.5, 0.6) is 11.5 Å². The predicted octanol–water partition coefficient (Wildman–Crippen LogP) is 1.04. The molecule has 4 heteroatoms. The first kappa shape index (κ1) is 11.5. The molecule has 0 amide bonds. The summed E-state index contributed by atoms with van der Waals surface area (Å²) in [7, 11) is 3.47. The summed E-state index contributed by atoms with van der Waals surface area (Å²) in [6, 6.07) is 5.05. The van der Waals surface area contributed by atoms with Crippen LogP contribution in [0, 0.1) is 0 Å². The van der Waals surface area contributed by atoms with Crippen molar-refractivity contribution in [1.82, 2.24) is 5.32 Å². The van der Waals surface area contributed by atoms with Gasteiger partial charge in [0.1, 0.15) is 11.5 Å². The van der Waals surface area contributed by atoms with Crippen molar-refractivity contribution in [1.29, 1.82) is 0 Å². The van der Waals surface area contributed by atoms with Crippen LogP contribution < -0.4 is 10.1 Å². The van der Waals surface area contributed by atoms with E-state index in [0.717, 1.165) is 6.54 Å². The SMILES string of the molecule is CNCCN=Cc1cc(OC)ccc1O. The zero-order valence-corrected chi connectivity index (χ0v) is 9.03. The highest BCUT2D eigenvalue weighted by Crippen LogP contribution is 2.20. The molecule has 0 aliphatic heterocycles. The smallest absolute Gasteiger partial charge is 0.124 e. The highest BCUT2D eigenvalue weighted by Gasteiger charge is 1.99.